The van der Waals surface area contributed by atoms with Crippen molar-refractivity contribution in [3.05, 3.63) is 53.6 Å². The van der Waals surface area contributed by atoms with E-state index in [0.29, 0.717) is 34.1 Å². The lowest BCUT2D eigenvalue weighted by molar-refractivity contribution is -0.142. The lowest BCUT2D eigenvalue weighted by Crippen LogP contribution is -2.20. The summed E-state index contributed by atoms with van der Waals surface area (Å²) in [7, 11) is 4.46. The third-order valence-electron chi connectivity index (χ3n) is 3.90. The smallest absolute Gasteiger partial charge is 0.331 e. The van der Waals surface area contributed by atoms with Crippen LogP contribution in [0.1, 0.15) is 15.9 Å². The van der Waals surface area contributed by atoms with Crippen LogP contribution in [0.5, 0.6) is 17.2 Å². The van der Waals surface area contributed by atoms with E-state index in [2.05, 4.69) is 5.32 Å². The number of esters is 1. The van der Waals surface area contributed by atoms with Crippen molar-refractivity contribution >= 4 is 29.5 Å². The van der Waals surface area contributed by atoms with E-state index >= 15 is 0 Å². The van der Waals surface area contributed by atoms with Crippen molar-refractivity contribution in [1.29, 1.82) is 0 Å². The number of nitrogens with two attached hydrogens (primary N) is 1. The Morgan fingerprint density at radius 3 is 2.07 bits per heavy atom. The molecule has 0 heterocycles. The first-order valence-electron chi connectivity index (χ1n) is 8.72. The number of nitrogens with one attached hydrogen (secondary N) is 1. The Balaban J connectivity index is 1.93. The van der Waals surface area contributed by atoms with Gasteiger partial charge in [0.15, 0.2) is 18.1 Å². The number of benzene rings is 2. The van der Waals surface area contributed by atoms with Crippen LogP contribution in [0.15, 0.2) is 42.5 Å². The number of ether oxygens (including phenoxy) is 4. The summed E-state index contributed by atoms with van der Waals surface area (Å²) in [5.41, 5.74) is 6.52. The number of carbonyl (C=O) groups excluding carboxylic acids is 3. The molecule has 3 N–H and O–H groups in total. The molecule has 0 unspecified atom stereocenters. The first-order chi connectivity index (χ1) is 14.4. The molecule has 0 atom stereocenters. The van der Waals surface area contributed by atoms with Gasteiger partial charge in [0.25, 0.3) is 5.91 Å². The highest BCUT2D eigenvalue weighted by Gasteiger charge is 2.12. The van der Waals surface area contributed by atoms with Crippen molar-refractivity contribution in [2.45, 2.75) is 0 Å². The molecule has 9 nitrogen and oxygen atoms in total. The molecule has 0 saturated carbocycles. The summed E-state index contributed by atoms with van der Waals surface area (Å²) in [4.78, 5) is 34.8. The first kappa shape index (κ1) is 22.3. The molecule has 2 aromatic carbocycles. The second kappa shape index (κ2) is 10.5. The predicted octanol–water partition coefficient (Wildman–Crippen LogP) is 2.01. The normalized spacial score (nSPS) is 10.4. The van der Waals surface area contributed by atoms with Crippen LogP contribution in [0.2, 0.25) is 0 Å². The second-order valence-corrected chi connectivity index (χ2v) is 5.89. The van der Waals surface area contributed by atoms with Crippen molar-refractivity contribution in [3.8, 4) is 17.2 Å². The SMILES string of the molecule is COc1cc(/C=C/C(=O)OCC(=O)Nc2ccc(C(N)=O)cc2)cc(OC)c1OC. The average Bonchev–Trinajstić information content (AvgIpc) is 2.75. The van der Waals surface area contributed by atoms with Crippen molar-refractivity contribution < 1.29 is 33.3 Å². The molecule has 2 amide bonds. The number of anilines is 1. The van der Waals surface area contributed by atoms with E-state index in [-0.39, 0.29) is 0 Å². The van der Waals surface area contributed by atoms with Gasteiger partial charge in [-0.15, -0.1) is 0 Å². The molecule has 0 bridgehead atoms. The van der Waals surface area contributed by atoms with Crippen molar-refractivity contribution in [2.24, 2.45) is 5.73 Å². The van der Waals surface area contributed by atoms with Gasteiger partial charge in [0.2, 0.25) is 11.7 Å². The van der Waals surface area contributed by atoms with E-state index in [1.807, 2.05) is 0 Å². The minimum absolute atomic E-state index is 0.316. The van der Waals surface area contributed by atoms with Crippen LogP contribution in [0.25, 0.3) is 6.08 Å². The minimum Gasteiger partial charge on any atom is -0.493 e. The third-order valence-corrected chi connectivity index (χ3v) is 3.90. The molecule has 30 heavy (non-hydrogen) atoms. The Hall–Kier alpha value is -4.01. The van der Waals surface area contributed by atoms with Gasteiger partial charge in [-0.2, -0.15) is 0 Å². The van der Waals surface area contributed by atoms with E-state index in [0.717, 1.165) is 0 Å². The summed E-state index contributed by atoms with van der Waals surface area (Å²) in [6.07, 6.45) is 2.67. The number of amides is 2. The lowest BCUT2D eigenvalue weighted by Gasteiger charge is -2.12. The van der Waals surface area contributed by atoms with Gasteiger partial charge in [0.1, 0.15) is 0 Å². The molecule has 2 aromatic rings. The maximum Gasteiger partial charge on any atom is 0.331 e. The molecular weight excluding hydrogens is 392 g/mol. The second-order valence-electron chi connectivity index (χ2n) is 5.89. The zero-order chi connectivity index (χ0) is 22.1. The molecule has 0 aliphatic heterocycles. The molecule has 9 heteroatoms. The van der Waals surface area contributed by atoms with Gasteiger partial charge in [-0.1, -0.05) is 0 Å². The zero-order valence-corrected chi connectivity index (χ0v) is 16.8. The van der Waals surface area contributed by atoms with E-state index in [4.69, 9.17) is 24.7 Å². The summed E-state index contributed by atoms with van der Waals surface area (Å²) in [5, 5.41) is 2.54. The Bertz CT molecular complexity index is 927. The molecular formula is C21H22N2O7. The topological polar surface area (TPSA) is 126 Å². The predicted molar refractivity (Wildman–Crippen MR) is 110 cm³/mol. The summed E-state index contributed by atoms with van der Waals surface area (Å²) in [6, 6.07) is 9.31. The monoisotopic (exact) mass is 414 g/mol. The maximum absolute atomic E-state index is 11.9. The van der Waals surface area contributed by atoms with Gasteiger partial charge in [-0.3, -0.25) is 9.59 Å². The molecule has 0 aliphatic carbocycles. The molecule has 158 valence electrons. The van der Waals surface area contributed by atoms with Crippen molar-refractivity contribution in [3.63, 3.8) is 0 Å². The highest BCUT2D eigenvalue weighted by Crippen LogP contribution is 2.38. The fourth-order valence-corrected chi connectivity index (χ4v) is 2.46. The largest absolute Gasteiger partial charge is 0.493 e. The third kappa shape index (κ3) is 5.99. The van der Waals surface area contributed by atoms with Gasteiger partial charge in [0, 0.05) is 17.3 Å². The van der Waals surface area contributed by atoms with Crippen LogP contribution in [0, 0.1) is 0 Å². The van der Waals surface area contributed by atoms with Gasteiger partial charge in [-0.05, 0) is 48.0 Å². The number of primary amides is 1. The lowest BCUT2D eigenvalue weighted by atomic mass is 10.1. The Morgan fingerprint density at radius 2 is 1.57 bits per heavy atom. The fraction of sp³-hybridized carbons (Fsp3) is 0.190. The molecule has 0 fully saturated rings. The van der Waals surface area contributed by atoms with E-state index < -0.39 is 24.4 Å². The van der Waals surface area contributed by atoms with Crippen LogP contribution in [0.4, 0.5) is 5.69 Å². The summed E-state index contributed by atoms with van der Waals surface area (Å²) in [5.74, 6) is -0.501. The van der Waals surface area contributed by atoms with Crippen LogP contribution in [-0.4, -0.2) is 45.7 Å². The Kier molecular flexibility index (Phi) is 7.81. The average molecular weight is 414 g/mol. The quantitative estimate of drug-likeness (QED) is 0.475. The molecule has 0 saturated heterocycles. The fourth-order valence-electron chi connectivity index (χ4n) is 2.46. The van der Waals surface area contributed by atoms with Gasteiger partial charge < -0.3 is 30.0 Å². The van der Waals surface area contributed by atoms with Crippen molar-refractivity contribution in [2.75, 3.05) is 33.3 Å². The Labute approximate surface area is 173 Å². The molecule has 2 rings (SSSR count). The zero-order valence-electron chi connectivity index (χ0n) is 16.8. The highest BCUT2D eigenvalue weighted by molar-refractivity contribution is 5.96. The van der Waals surface area contributed by atoms with Crippen LogP contribution in [-0.2, 0) is 14.3 Å². The van der Waals surface area contributed by atoms with Crippen LogP contribution in [0.3, 0.4) is 0 Å². The van der Waals surface area contributed by atoms with Crippen LogP contribution >= 0.6 is 0 Å². The molecule has 0 aliphatic rings. The minimum atomic E-state index is -0.706. The molecule has 0 aromatic heterocycles. The first-order valence-corrected chi connectivity index (χ1v) is 8.72. The van der Waals surface area contributed by atoms with Crippen molar-refractivity contribution in [1.82, 2.24) is 0 Å². The number of rotatable bonds is 9. The number of hydrogen-bond donors (Lipinski definition) is 2. The highest BCUT2D eigenvalue weighted by atomic mass is 16.5. The number of carbonyl (C=O) groups is 3. The van der Waals surface area contributed by atoms with Gasteiger partial charge in [0.05, 0.1) is 21.3 Å². The maximum atomic E-state index is 11.9. The summed E-state index contributed by atoms with van der Waals surface area (Å²) >= 11 is 0. The standard InChI is InChI=1S/C21H22N2O7/c1-27-16-10-13(11-17(28-2)20(16)29-3)4-9-19(25)30-12-18(24)23-15-7-5-14(6-8-15)21(22)26/h4-11H,12H2,1-3H3,(H2,22,26)(H,23,24)/b9-4+. The summed E-state index contributed by atoms with van der Waals surface area (Å²) < 4.78 is 20.7. The van der Waals surface area contributed by atoms with E-state index in [1.54, 1.807) is 12.1 Å². The van der Waals surface area contributed by atoms with E-state index in [1.165, 1.54) is 57.7 Å². The summed E-state index contributed by atoms with van der Waals surface area (Å²) in [6.45, 7) is -0.476. The van der Waals surface area contributed by atoms with E-state index in [9.17, 15) is 14.4 Å². The molecule has 0 radical (unpaired) electrons. The number of hydrogen-bond acceptors (Lipinski definition) is 7. The molecule has 0 spiro atoms. The van der Waals surface area contributed by atoms with Gasteiger partial charge in [-0.25, -0.2) is 4.79 Å². The van der Waals surface area contributed by atoms with Crippen LogP contribution < -0.4 is 25.3 Å². The van der Waals surface area contributed by atoms with Gasteiger partial charge >= 0.3 is 5.97 Å². The number of methoxy groups -OCH3 is 3. The Morgan fingerprint density at radius 1 is 0.967 bits per heavy atom.